The molecule has 1 aromatic rings. The standard InChI is InChI=1S/C10H11BrO3/c1-14-6-8-4-7(10(13)5-11)2-3-9(8)12/h2-4,12H,5-6H2,1H3. The SMILES string of the molecule is COCc1cc(C(=O)CBr)ccc1O. The highest BCUT2D eigenvalue weighted by atomic mass is 79.9. The maximum Gasteiger partial charge on any atom is 0.173 e. The number of hydrogen-bond donors (Lipinski definition) is 1. The number of ketones is 1. The average molecular weight is 259 g/mol. The van der Waals surface area contributed by atoms with Crippen LogP contribution in [0.15, 0.2) is 18.2 Å². The highest BCUT2D eigenvalue weighted by Crippen LogP contribution is 2.19. The molecule has 0 bridgehead atoms. The predicted octanol–water partition coefficient (Wildman–Crippen LogP) is 2.12. The molecule has 14 heavy (non-hydrogen) atoms. The monoisotopic (exact) mass is 258 g/mol. The van der Waals surface area contributed by atoms with Crippen LogP contribution in [0.4, 0.5) is 0 Å². The number of benzene rings is 1. The van der Waals surface area contributed by atoms with E-state index in [0.29, 0.717) is 17.7 Å². The van der Waals surface area contributed by atoms with Crippen LogP contribution >= 0.6 is 15.9 Å². The number of Topliss-reactive ketones (excluding diaryl/α,β-unsaturated/α-hetero) is 1. The zero-order valence-electron chi connectivity index (χ0n) is 7.79. The Kier molecular flexibility index (Phi) is 4.10. The van der Waals surface area contributed by atoms with E-state index in [1.54, 1.807) is 19.2 Å². The summed E-state index contributed by atoms with van der Waals surface area (Å²) in [6.45, 7) is 0.301. The fourth-order valence-corrected chi connectivity index (χ4v) is 1.43. The first-order valence-corrected chi connectivity index (χ1v) is 5.21. The molecular formula is C10H11BrO3. The number of phenols is 1. The lowest BCUT2D eigenvalue weighted by atomic mass is 10.1. The van der Waals surface area contributed by atoms with Crippen LogP contribution in [0, 0.1) is 0 Å². The average Bonchev–Trinajstić information content (AvgIpc) is 2.20. The third kappa shape index (κ3) is 2.56. The molecule has 4 heteroatoms. The van der Waals surface area contributed by atoms with E-state index in [0.717, 1.165) is 0 Å². The third-order valence-electron chi connectivity index (χ3n) is 1.82. The summed E-state index contributed by atoms with van der Waals surface area (Å²) in [5.74, 6) is 0.139. The zero-order valence-corrected chi connectivity index (χ0v) is 9.37. The summed E-state index contributed by atoms with van der Waals surface area (Å²) < 4.78 is 4.89. The van der Waals surface area contributed by atoms with Crippen molar-refractivity contribution in [2.45, 2.75) is 6.61 Å². The van der Waals surface area contributed by atoms with E-state index in [9.17, 15) is 9.90 Å². The lowest BCUT2D eigenvalue weighted by Crippen LogP contribution is -2.01. The molecule has 0 spiro atoms. The van der Waals surface area contributed by atoms with Gasteiger partial charge >= 0.3 is 0 Å². The van der Waals surface area contributed by atoms with Crippen molar-refractivity contribution in [2.75, 3.05) is 12.4 Å². The number of alkyl halides is 1. The normalized spacial score (nSPS) is 10.1. The van der Waals surface area contributed by atoms with Crippen LogP contribution in [0.2, 0.25) is 0 Å². The second-order valence-corrected chi connectivity index (χ2v) is 3.39. The maximum absolute atomic E-state index is 11.3. The van der Waals surface area contributed by atoms with Gasteiger partial charge in [-0.05, 0) is 18.2 Å². The molecule has 0 saturated heterocycles. The van der Waals surface area contributed by atoms with Gasteiger partial charge in [0.05, 0.1) is 11.9 Å². The topological polar surface area (TPSA) is 46.5 Å². The molecule has 1 rings (SSSR count). The Morgan fingerprint density at radius 1 is 1.57 bits per heavy atom. The van der Waals surface area contributed by atoms with Gasteiger partial charge in [-0.15, -0.1) is 0 Å². The number of hydrogen-bond acceptors (Lipinski definition) is 3. The number of halogens is 1. The molecule has 0 heterocycles. The van der Waals surface area contributed by atoms with Crippen molar-refractivity contribution in [1.82, 2.24) is 0 Å². The Morgan fingerprint density at radius 2 is 2.29 bits per heavy atom. The molecule has 76 valence electrons. The molecular weight excluding hydrogens is 248 g/mol. The summed E-state index contributed by atoms with van der Waals surface area (Å²) in [4.78, 5) is 11.3. The van der Waals surface area contributed by atoms with Crippen LogP contribution in [-0.2, 0) is 11.3 Å². The van der Waals surface area contributed by atoms with Crippen molar-refractivity contribution in [3.8, 4) is 5.75 Å². The van der Waals surface area contributed by atoms with Gasteiger partial charge in [-0.2, -0.15) is 0 Å². The van der Waals surface area contributed by atoms with Crippen molar-refractivity contribution in [3.63, 3.8) is 0 Å². The van der Waals surface area contributed by atoms with E-state index in [2.05, 4.69) is 15.9 Å². The van der Waals surface area contributed by atoms with Crippen LogP contribution in [0.5, 0.6) is 5.75 Å². The number of carbonyl (C=O) groups is 1. The molecule has 0 aliphatic heterocycles. The van der Waals surface area contributed by atoms with E-state index in [-0.39, 0.29) is 16.9 Å². The van der Waals surface area contributed by atoms with Gasteiger partial charge < -0.3 is 9.84 Å². The molecule has 3 nitrogen and oxygen atoms in total. The van der Waals surface area contributed by atoms with Crippen LogP contribution in [-0.4, -0.2) is 23.3 Å². The van der Waals surface area contributed by atoms with Gasteiger partial charge in [-0.3, -0.25) is 4.79 Å². The van der Waals surface area contributed by atoms with E-state index >= 15 is 0 Å². The van der Waals surface area contributed by atoms with Crippen molar-refractivity contribution >= 4 is 21.7 Å². The number of ether oxygens (including phenoxy) is 1. The molecule has 1 aromatic carbocycles. The second kappa shape index (κ2) is 5.12. The maximum atomic E-state index is 11.3. The van der Waals surface area contributed by atoms with E-state index in [4.69, 9.17) is 4.74 Å². The Labute approximate surface area is 90.8 Å². The van der Waals surface area contributed by atoms with E-state index in [1.807, 2.05) is 0 Å². The van der Waals surface area contributed by atoms with Crippen LogP contribution in [0.1, 0.15) is 15.9 Å². The Morgan fingerprint density at radius 3 is 2.86 bits per heavy atom. The zero-order chi connectivity index (χ0) is 10.6. The molecule has 0 saturated carbocycles. The number of carbonyl (C=O) groups excluding carboxylic acids is 1. The Hall–Kier alpha value is -0.870. The Bertz CT molecular complexity index is 336. The molecule has 0 atom stereocenters. The molecule has 0 radical (unpaired) electrons. The minimum absolute atomic E-state index is 0.0117. The van der Waals surface area contributed by atoms with E-state index < -0.39 is 0 Å². The van der Waals surface area contributed by atoms with Gasteiger partial charge in [0.2, 0.25) is 0 Å². The van der Waals surface area contributed by atoms with Crippen molar-refractivity contribution in [3.05, 3.63) is 29.3 Å². The van der Waals surface area contributed by atoms with Crippen molar-refractivity contribution in [2.24, 2.45) is 0 Å². The summed E-state index contributed by atoms with van der Waals surface area (Å²) in [6.07, 6.45) is 0. The van der Waals surface area contributed by atoms with Crippen LogP contribution in [0.25, 0.3) is 0 Å². The molecule has 0 amide bonds. The molecule has 0 aromatic heterocycles. The van der Waals surface area contributed by atoms with Gasteiger partial charge in [0.15, 0.2) is 5.78 Å². The van der Waals surface area contributed by atoms with Gasteiger partial charge in [-0.25, -0.2) is 0 Å². The Balaban J connectivity index is 2.99. The van der Waals surface area contributed by atoms with Crippen molar-refractivity contribution < 1.29 is 14.6 Å². The fraction of sp³-hybridized carbons (Fsp3) is 0.300. The van der Waals surface area contributed by atoms with Crippen LogP contribution < -0.4 is 0 Å². The summed E-state index contributed by atoms with van der Waals surface area (Å²) in [5, 5.41) is 9.70. The molecule has 0 unspecified atom stereocenters. The second-order valence-electron chi connectivity index (χ2n) is 2.83. The number of rotatable bonds is 4. The predicted molar refractivity (Wildman–Crippen MR) is 56.9 cm³/mol. The van der Waals surface area contributed by atoms with Gasteiger partial charge in [-0.1, -0.05) is 15.9 Å². The van der Waals surface area contributed by atoms with Gasteiger partial charge in [0.25, 0.3) is 0 Å². The highest BCUT2D eigenvalue weighted by Gasteiger charge is 2.07. The lowest BCUT2D eigenvalue weighted by molar-refractivity contribution is 0.102. The largest absolute Gasteiger partial charge is 0.508 e. The first-order valence-electron chi connectivity index (χ1n) is 4.09. The van der Waals surface area contributed by atoms with Crippen LogP contribution in [0.3, 0.4) is 0 Å². The van der Waals surface area contributed by atoms with Gasteiger partial charge in [0.1, 0.15) is 5.75 Å². The smallest absolute Gasteiger partial charge is 0.173 e. The van der Waals surface area contributed by atoms with Gasteiger partial charge in [0, 0.05) is 18.2 Å². The summed E-state index contributed by atoms with van der Waals surface area (Å²) in [5.41, 5.74) is 1.20. The molecule has 1 N–H and O–H groups in total. The summed E-state index contributed by atoms with van der Waals surface area (Å²) in [7, 11) is 1.54. The number of methoxy groups -OCH3 is 1. The summed E-state index contributed by atoms with van der Waals surface area (Å²) >= 11 is 3.09. The lowest BCUT2D eigenvalue weighted by Gasteiger charge is -2.05. The molecule has 0 aliphatic carbocycles. The highest BCUT2D eigenvalue weighted by molar-refractivity contribution is 9.09. The fourth-order valence-electron chi connectivity index (χ4n) is 1.11. The molecule has 0 aliphatic rings. The first-order chi connectivity index (χ1) is 6.69. The number of aromatic hydroxyl groups is 1. The van der Waals surface area contributed by atoms with E-state index in [1.165, 1.54) is 6.07 Å². The minimum Gasteiger partial charge on any atom is -0.508 e. The number of phenolic OH excluding ortho intramolecular Hbond substituents is 1. The minimum atomic E-state index is -0.0117. The third-order valence-corrected chi connectivity index (χ3v) is 2.33. The first kappa shape index (κ1) is 11.2. The quantitative estimate of drug-likeness (QED) is 0.665. The van der Waals surface area contributed by atoms with Crippen molar-refractivity contribution in [1.29, 1.82) is 0 Å². The summed E-state index contributed by atoms with van der Waals surface area (Å²) in [6, 6.07) is 4.74. The molecule has 0 fully saturated rings.